The second-order valence-electron chi connectivity index (χ2n) is 8.23. The first-order valence-corrected chi connectivity index (χ1v) is 12.7. The zero-order valence-corrected chi connectivity index (χ0v) is 21.9. The number of rotatable bonds is 8. The summed E-state index contributed by atoms with van der Waals surface area (Å²) < 4.78 is 12.2. The number of hydrogen-bond acceptors (Lipinski definition) is 3. The number of likely N-dealkylation sites (tertiary alicyclic amines) is 1. The van der Waals surface area contributed by atoms with Crippen molar-refractivity contribution in [2.75, 3.05) is 18.8 Å². The monoisotopic (exact) mass is 560 g/mol. The maximum atomic E-state index is 12.2. The maximum absolute atomic E-state index is 12.2. The van der Waals surface area contributed by atoms with Crippen LogP contribution < -0.4 is 10.6 Å². The van der Waals surface area contributed by atoms with Crippen LogP contribution in [0.2, 0.25) is 0 Å². The summed E-state index contributed by atoms with van der Waals surface area (Å²) in [7, 11) is -0.722. The van der Waals surface area contributed by atoms with Crippen molar-refractivity contribution < 1.29 is 9.00 Å². The molecular formula is C23H37IN4O2S. The van der Waals surface area contributed by atoms with Crippen LogP contribution in [0, 0.1) is 0 Å². The molecule has 1 saturated carbocycles. The lowest BCUT2D eigenvalue weighted by Gasteiger charge is -2.30. The molecule has 1 aromatic carbocycles. The van der Waals surface area contributed by atoms with Gasteiger partial charge >= 0.3 is 0 Å². The number of carbonyl (C=O) groups is 1. The highest BCUT2D eigenvalue weighted by Gasteiger charge is 2.26. The van der Waals surface area contributed by atoms with Crippen LogP contribution in [-0.2, 0) is 28.7 Å². The molecule has 0 aromatic heterocycles. The average Bonchev–Trinajstić information content (AvgIpc) is 3.16. The molecule has 1 saturated heterocycles. The molecule has 8 heteroatoms. The Labute approximate surface area is 206 Å². The number of carbonyl (C=O) groups excluding carboxylic acids is 1. The van der Waals surface area contributed by atoms with Gasteiger partial charge in [0.25, 0.3) is 0 Å². The largest absolute Gasteiger partial charge is 0.357 e. The number of nitrogens with one attached hydrogen (secondary N) is 2. The molecule has 2 N–H and O–H groups in total. The summed E-state index contributed by atoms with van der Waals surface area (Å²) >= 11 is 0. The minimum Gasteiger partial charge on any atom is -0.357 e. The number of benzene rings is 1. The first-order chi connectivity index (χ1) is 14.6. The lowest BCUT2D eigenvalue weighted by atomic mass is 9.95. The third kappa shape index (κ3) is 8.04. The van der Waals surface area contributed by atoms with Crippen molar-refractivity contribution >= 4 is 46.6 Å². The predicted molar refractivity (Wildman–Crippen MR) is 139 cm³/mol. The maximum Gasteiger partial charge on any atom is 0.222 e. The highest BCUT2D eigenvalue weighted by molar-refractivity contribution is 14.0. The van der Waals surface area contributed by atoms with E-state index >= 15 is 0 Å². The van der Waals surface area contributed by atoms with E-state index in [-0.39, 0.29) is 29.9 Å². The molecule has 2 fully saturated rings. The summed E-state index contributed by atoms with van der Waals surface area (Å²) in [5, 5.41) is 7.21. The molecule has 174 valence electrons. The summed E-state index contributed by atoms with van der Waals surface area (Å²) in [5.74, 6) is 1.82. The molecule has 3 atom stereocenters. The highest BCUT2D eigenvalue weighted by atomic mass is 127. The normalized spacial score (nSPS) is 22.7. The third-order valence-corrected chi connectivity index (χ3v) is 7.66. The van der Waals surface area contributed by atoms with Gasteiger partial charge in [0.1, 0.15) is 0 Å². The SMILES string of the molecule is CCNC(=NCc1cccc(CN2CCCC2=O)c1)NC1CCCC(S(=O)CC)C1.I. The van der Waals surface area contributed by atoms with Gasteiger partial charge in [-0.1, -0.05) is 37.6 Å². The second-order valence-corrected chi connectivity index (χ2v) is 10.2. The summed E-state index contributed by atoms with van der Waals surface area (Å²) in [4.78, 5) is 18.6. The minimum absolute atomic E-state index is 0. The number of amides is 1. The van der Waals surface area contributed by atoms with Crippen LogP contribution in [0.1, 0.15) is 63.5 Å². The van der Waals surface area contributed by atoms with Gasteiger partial charge in [-0.25, -0.2) is 4.99 Å². The quantitative estimate of drug-likeness (QED) is 0.290. The minimum atomic E-state index is -0.722. The number of halogens is 1. The molecule has 1 amide bonds. The van der Waals surface area contributed by atoms with Crippen molar-refractivity contribution in [2.24, 2.45) is 4.99 Å². The van der Waals surface area contributed by atoms with Gasteiger partial charge in [-0.15, -0.1) is 24.0 Å². The molecule has 2 aliphatic rings. The van der Waals surface area contributed by atoms with Crippen LogP contribution in [0.3, 0.4) is 0 Å². The van der Waals surface area contributed by atoms with E-state index in [0.29, 0.717) is 30.8 Å². The molecule has 0 spiro atoms. The van der Waals surface area contributed by atoms with E-state index in [4.69, 9.17) is 4.99 Å². The fourth-order valence-corrected chi connectivity index (χ4v) is 5.70. The van der Waals surface area contributed by atoms with Crippen LogP contribution in [0.5, 0.6) is 0 Å². The first-order valence-electron chi connectivity index (χ1n) is 11.4. The molecule has 3 unspecified atom stereocenters. The van der Waals surface area contributed by atoms with Gasteiger partial charge in [-0.2, -0.15) is 0 Å². The van der Waals surface area contributed by atoms with Crippen molar-refractivity contribution in [2.45, 2.75) is 76.8 Å². The number of guanidine groups is 1. The Kier molecular flexibility index (Phi) is 11.3. The van der Waals surface area contributed by atoms with Crippen LogP contribution >= 0.6 is 24.0 Å². The smallest absolute Gasteiger partial charge is 0.222 e. The Morgan fingerprint density at radius 1 is 1.23 bits per heavy atom. The van der Waals surface area contributed by atoms with E-state index < -0.39 is 10.8 Å². The van der Waals surface area contributed by atoms with Crippen molar-refractivity contribution in [3.63, 3.8) is 0 Å². The molecular weight excluding hydrogens is 523 g/mol. The number of aliphatic imine (C=N–C) groups is 1. The Hall–Kier alpha value is -1.16. The highest BCUT2D eigenvalue weighted by Crippen LogP contribution is 2.23. The van der Waals surface area contributed by atoms with Gasteiger partial charge in [0, 0.05) is 53.9 Å². The third-order valence-electron chi connectivity index (χ3n) is 5.92. The number of hydrogen-bond donors (Lipinski definition) is 2. The molecule has 1 aromatic rings. The Balaban J connectivity index is 0.00000341. The van der Waals surface area contributed by atoms with E-state index in [2.05, 4.69) is 35.8 Å². The van der Waals surface area contributed by atoms with Gasteiger partial charge in [-0.3, -0.25) is 9.00 Å². The van der Waals surface area contributed by atoms with Crippen LogP contribution in [-0.4, -0.2) is 51.1 Å². The van der Waals surface area contributed by atoms with Crippen molar-refractivity contribution in [1.29, 1.82) is 0 Å². The van der Waals surface area contributed by atoms with Crippen molar-refractivity contribution in [3.05, 3.63) is 35.4 Å². The number of nitrogens with zero attached hydrogens (tertiary/aromatic N) is 2. The van der Waals surface area contributed by atoms with E-state index in [1.54, 1.807) is 0 Å². The van der Waals surface area contributed by atoms with E-state index in [0.717, 1.165) is 68.0 Å². The van der Waals surface area contributed by atoms with E-state index in [9.17, 15) is 9.00 Å². The Morgan fingerprint density at radius 2 is 2.03 bits per heavy atom. The lowest BCUT2D eigenvalue weighted by molar-refractivity contribution is -0.128. The Bertz CT molecular complexity index is 774. The molecule has 0 radical (unpaired) electrons. The van der Waals surface area contributed by atoms with Crippen LogP contribution in [0.15, 0.2) is 29.3 Å². The van der Waals surface area contributed by atoms with Crippen LogP contribution in [0.25, 0.3) is 0 Å². The van der Waals surface area contributed by atoms with Gasteiger partial charge < -0.3 is 15.5 Å². The van der Waals surface area contributed by atoms with Gasteiger partial charge in [0.2, 0.25) is 5.91 Å². The van der Waals surface area contributed by atoms with Gasteiger partial charge in [0.15, 0.2) is 5.96 Å². The predicted octanol–water partition coefficient (Wildman–Crippen LogP) is 3.56. The molecule has 1 aliphatic heterocycles. The first kappa shape index (κ1) is 26.1. The summed E-state index contributed by atoms with van der Waals surface area (Å²) in [6.45, 7) is 7.02. The molecule has 6 nitrogen and oxygen atoms in total. The average molecular weight is 561 g/mol. The molecule has 31 heavy (non-hydrogen) atoms. The van der Waals surface area contributed by atoms with Gasteiger partial charge in [-0.05, 0) is 43.7 Å². The van der Waals surface area contributed by atoms with E-state index in [1.807, 2.05) is 17.9 Å². The fourth-order valence-electron chi connectivity index (χ4n) is 4.35. The Morgan fingerprint density at radius 3 is 2.74 bits per heavy atom. The molecule has 1 aliphatic carbocycles. The summed E-state index contributed by atoms with van der Waals surface area (Å²) in [6, 6.07) is 8.69. The second kappa shape index (κ2) is 13.4. The lowest BCUT2D eigenvalue weighted by Crippen LogP contribution is -2.46. The molecule has 3 rings (SSSR count). The topological polar surface area (TPSA) is 73.8 Å². The molecule has 1 heterocycles. The zero-order valence-electron chi connectivity index (χ0n) is 18.8. The van der Waals surface area contributed by atoms with Crippen molar-refractivity contribution in [1.82, 2.24) is 15.5 Å². The van der Waals surface area contributed by atoms with Crippen molar-refractivity contribution in [3.8, 4) is 0 Å². The van der Waals surface area contributed by atoms with E-state index in [1.165, 1.54) is 0 Å². The van der Waals surface area contributed by atoms with Crippen LogP contribution in [0.4, 0.5) is 0 Å². The zero-order chi connectivity index (χ0) is 21.3. The molecule has 0 bridgehead atoms. The summed E-state index contributed by atoms with van der Waals surface area (Å²) in [6.07, 6.45) is 5.87. The fraction of sp³-hybridized carbons (Fsp3) is 0.652. The van der Waals surface area contributed by atoms with Gasteiger partial charge in [0.05, 0.1) is 6.54 Å². The standard InChI is InChI=1S/C23H36N4O2S.HI/c1-3-24-23(26-20-10-6-11-21(15-20)30(29)4-2)25-16-18-8-5-9-19(14-18)17-27-13-7-12-22(27)28;/h5,8-9,14,20-21H,3-4,6-7,10-13,15-17H2,1-2H3,(H2,24,25,26);1H. The summed E-state index contributed by atoms with van der Waals surface area (Å²) in [5.41, 5.74) is 2.30.